The largest absolute Gasteiger partial charge is 0.496 e. The van der Waals surface area contributed by atoms with Gasteiger partial charge in [-0.2, -0.15) is 0 Å². The molecule has 0 radical (unpaired) electrons. The number of hydrogen-bond acceptors (Lipinski definition) is 2. The molecule has 0 atom stereocenters. The maximum atomic E-state index is 11.1. The minimum absolute atomic E-state index is 0.330. The zero-order valence-corrected chi connectivity index (χ0v) is 8.89. The van der Waals surface area contributed by atoms with Gasteiger partial charge in [0.15, 0.2) is 0 Å². The maximum Gasteiger partial charge on any atom is 0.252 e. The number of hydrogen-bond donors (Lipinski definition) is 1. The highest BCUT2D eigenvalue weighted by Crippen LogP contribution is 2.28. The van der Waals surface area contributed by atoms with Crippen molar-refractivity contribution >= 4 is 17.5 Å². The van der Waals surface area contributed by atoms with E-state index < -0.39 is 5.91 Å². The summed E-state index contributed by atoms with van der Waals surface area (Å²) >= 11 is 5.84. The lowest BCUT2D eigenvalue weighted by atomic mass is 10.1. The van der Waals surface area contributed by atoms with Crippen LogP contribution in [0.15, 0.2) is 12.1 Å². The van der Waals surface area contributed by atoms with Crippen molar-refractivity contribution < 1.29 is 9.53 Å². The highest BCUT2D eigenvalue weighted by atomic mass is 35.5. The number of methoxy groups -OCH3 is 1. The Morgan fingerprint density at radius 2 is 2.21 bits per heavy atom. The molecule has 2 N–H and O–H groups in total. The van der Waals surface area contributed by atoms with Gasteiger partial charge in [-0.1, -0.05) is 18.5 Å². The average molecular weight is 214 g/mol. The molecule has 0 fully saturated rings. The third-order valence-electron chi connectivity index (χ3n) is 1.98. The molecule has 0 aromatic heterocycles. The van der Waals surface area contributed by atoms with Crippen LogP contribution in [0.3, 0.4) is 0 Å². The molecule has 0 bridgehead atoms. The molecule has 1 rings (SSSR count). The number of carbonyl (C=O) groups excluding carboxylic acids is 1. The molecule has 0 aliphatic rings. The quantitative estimate of drug-likeness (QED) is 0.835. The zero-order chi connectivity index (χ0) is 10.7. The summed E-state index contributed by atoms with van der Waals surface area (Å²) in [7, 11) is 1.51. The molecule has 1 aromatic rings. The highest BCUT2D eigenvalue weighted by molar-refractivity contribution is 6.31. The van der Waals surface area contributed by atoms with Crippen molar-refractivity contribution in [1.82, 2.24) is 0 Å². The van der Waals surface area contributed by atoms with Crippen molar-refractivity contribution in [3.63, 3.8) is 0 Å². The van der Waals surface area contributed by atoms with Gasteiger partial charge >= 0.3 is 0 Å². The van der Waals surface area contributed by atoms with E-state index in [9.17, 15) is 4.79 Å². The third kappa shape index (κ3) is 1.99. The predicted octanol–water partition coefficient (Wildman–Crippen LogP) is 2.01. The van der Waals surface area contributed by atoms with E-state index in [0.29, 0.717) is 16.3 Å². The van der Waals surface area contributed by atoms with Crippen molar-refractivity contribution in [1.29, 1.82) is 0 Å². The SMILES string of the molecule is CCc1cc(Cl)cc(C(N)=O)c1OC. The fourth-order valence-electron chi connectivity index (χ4n) is 1.34. The van der Waals surface area contributed by atoms with Gasteiger partial charge in [0.1, 0.15) is 5.75 Å². The zero-order valence-electron chi connectivity index (χ0n) is 8.13. The van der Waals surface area contributed by atoms with Crippen LogP contribution in [0.5, 0.6) is 5.75 Å². The van der Waals surface area contributed by atoms with Crippen molar-refractivity contribution in [3.8, 4) is 5.75 Å². The van der Waals surface area contributed by atoms with Gasteiger partial charge in [-0.25, -0.2) is 0 Å². The number of rotatable bonds is 3. The molecule has 0 heterocycles. The fourth-order valence-corrected chi connectivity index (χ4v) is 1.58. The van der Waals surface area contributed by atoms with Gasteiger partial charge in [0.25, 0.3) is 5.91 Å². The Labute approximate surface area is 87.8 Å². The molecule has 1 aromatic carbocycles. The molecular formula is C10H12ClNO2. The summed E-state index contributed by atoms with van der Waals surface area (Å²) in [5, 5.41) is 0.497. The van der Waals surface area contributed by atoms with Crippen molar-refractivity contribution in [2.24, 2.45) is 5.73 Å². The number of ether oxygens (including phenoxy) is 1. The standard InChI is InChI=1S/C10H12ClNO2/c1-3-6-4-7(11)5-8(10(12)13)9(6)14-2/h4-5H,3H2,1-2H3,(H2,12,13). The van der Waals surface area contributed by atoms with Crippen LogP contribution in [0.2, 0.25) is 5.02 Å². The van der Waals surface area contributed by atoms with Crippen LogP contribution < -0.4 is 10.5 Å². The Morgan fingerprint density at radius 1 is 1.57 bits per heavy atom. The Balaban J connectivity index is 3.39. The molecule has 0 aliphatic heterocycles. The fraction of sp³-hybridized carbons (Fsp3) is 0.300. The van der Waals surface area contributed by atoms with E-state index in [1.807, 2.05) is 6.92 Å². The summed E-state index contributed by atoms with van der Waals surface area (Å²) in [6, 6.07) is 3.29. The van der Waals surface area contributed by atoms with E-state index in [1.54, 1.807) is 6.07 Å². The number of aryl methyl sites for hydroxylation is 1. The minimum atomic E-state index is -0.529. The van der Waals surface area contributed by atoms with Gasteiger partial charge in [-0.3, -0.25) is 4.79 Å². The number of nitrogens with two attached hydrogens (primary N) is 1. The first-order valence-electron chi connectivity index (χ1n) is 4.26. The van der Waals surface area contributed by atoms with Crippen LogP contribution in [0, 0.1) is 0 Å². The molecular weight excluding hydrogens is 202 g/mol. The second-order valence-electron chi connectivity index (χ2n) is 2.86. The lowest BCUT2D eigenvalue weighted by Gasteiger charge is -2.10. The summed E-state index contributed by atoms with van der Waals surface area (Å²) in [6.07, 6.45) is 0.740. The van der Waals surface area contributed by atoms with Crippen LogP contribution in [-0.4, -0.2) is 13.0 Å². The van der Waals surface area contributed by atoms with E-state index in [4.69, 9.17) is 22.1 Å². The van der Waals surface area contributed by atoms with Gasteiger partial charge < -0.3 is 10.5 Å². The third-order valence-corrected chi connectivity index (χ3v) is 2.20. The molecule has 0 aliphatic carbocycles. The van der Waals surface area contributed by atoms with E-state index in [0.717, 1.165) is 12.0 Å². The first kappa shape index (κ1) is 10.9. The van der Waals surface area contributed by atoms with Crippen LogP contribution in [-0.2, 0) is 6.42 Å². The van der Waals surface area contributed by atoms with Gasteiger partial charge in [0.05, 0.1) is 12.7 Å². The number of halogens is 1. The summed E-state index contributed by atoms with van der Waals surface area (Å²) in [6.45, 7) is 1.96. The Hall–Kier alpha value is -1.22. The van der Waals surface area contributed by atoms with Gasteiger partial charge in [0, 0.05) is 5.02 Å². The number of carbonyl (C=O) groups is 1. The monoisotopic (exact) mass is 213 g/mol. The molecule has 0 spiro atoms. The van der Waals surface area contributed by atoms with Gasteiger partial charge in [-0.05, 0) is 24.1 Å². The number of primary amides is 1. The molecule has 3 nitrogen and oxygen atoms in total. The van der Waals surface area contributed by atoms with Crippen LogP contribution in [0.1, 0.15) is 22.8 Å². The average Bonchev–Trinajstić information content (AvgIpc) is 2.16. The predicted molar refractivity (Wildman–Crippen MR) is 55.9 cm³/mol. The van der Waals surface area contributed by atoms with Crippen LogP contribution in [0.4, 0.5) is 0 Å². The summed E-state index contributed by atoms with van der Waals surface area (Å²) < 4.78 is 5.12. The lowest BCUT2D eigenvalue weighted by molar-refractivity contribution is 0.0997. The molecule has 0 saturated heterocycles. The van der Waals surface area contributed by atoms with E-state index >= 15 is 0 Å². The summed E-state index contributed by atoms with van der Waals surface area (Å²) in [5.74, 6) is -0.0107. The minimum Gasteiger partial charge on any atom is -0.496 e. The molecule has 14 heavy (non-hydrogen) atoms. The molecule has 1 amide bonds. The number of benzene rings is 1. The van der Waals surface area contributed by atoms with E-state index in [-0.39, 0.29) is 0 Å². The second kappa shape index (κ2) is 4.33. The summed E-state index contributed by atoms with van der Waals surface area (Å²) in [5.41, 5.74) is 6.42. The van der Waals surface area contributed by atoms with Gasteiger partial charge in [0.2, 0.25) is 0 Å². The van der Waals surface area contributed by atoms with Crippen molar-refractivity contribution in [2.75, 3.05) is 7.11 Å². The molecule has 0 saturated carbocycles. The first-order valence-corrected chi connectivity index (χ1v) is 4.64. The Bertz CT molecular complexity index is 363. The van der Waals surface area contributed by atoms with Gasteiger partial charge in [-0.15, -0.1) is 0 Å². The maximum absolute atomic E-state index is 11.1. The first-order chi connectivity index (χ1) is 6.60. The smallest absolute Gasteiger partial charge is 0.252 e. The number of amides is 1. The Morgan fingerprint density at radius 3 is 2.64 bits per heavy atom. The topological polar surface area (TPSA) is 52.3 Å². The van der Waals surface area contributed by atoms with Crippen LogP contribution >= 0.6 is 11.6 Å². The van der Waals surface area contributed by atoms with Crippen molar-refractivity contribution in [2.45, 2.75) is 13.3 Å². The van der Waals surface area contributed by atoms with Crippen LogP contribution in [0.25, 0.3) is 0 Å². The molecule has 0 unspecified atom stereocenters. The normalized spacial score (nSPS) is 9.93. The van der Waals surface area contributed by atoms with Crippen molar-refractivity contribution in [3.05, 3.63) is 28.3 Å². The van der Waals surface area contributed by atoms with E-state index in [2.05, 4.69) is 0 Å². The summed E-state index contributed by atoms with van der Waals surface area (Å²) in [4.78, 5) is 11.1. The Kier molecular flexibility index (Phi) is 3.36. The second-order valence-corrected chi connectivity index (χ2v) is 3.30. The lowest BCUT2D eigenvalue weighted by Crippen LogP contribution is -2.13. The molecule has 76 valence electrons. The molecule has 4 heteroatoms. The highest BCUT2D eigenvalue weighted by Gasteiger charge is 2.13. The van der Waals surface area contributed by atoms with E-state index in [1.165, 1.54) is 13.2 Å².